The van der Waals surface area contributed by atoms with Crippen LogP contribution < -0.4 is 11.3 Å². The lowest BCUT2D eigenvalue weighted by Gasteiger charge is -2.33. The van der Waals surface area contributed by atoms with E-state index in [-0.39, 0.29) is 23.4 Å². The minimum atomic E-state index is -0.764. The monoisotopic (exact) mass is 542 g/mol. The average molecular weight is 543 g/mol. The van der Waals surface area contributed by atoms with Crippen LogP contribution in [-0.4, -0.2) is 58.4 Å². The summed E-state index contributed by atoms with van der Waals surface area (Å²) >= 11 is 0. The molecule has 1 aliphatic heterocycles. The molecular weight excluding hydrogens is 504 g/mol. The summed E-state index contributed by atoms with van der Waals surface area (Å²) in [6, 6.07) is 19.6. The van der Waals surface area contributed by atoms with Crippen molar-refractivity contribution in [3.05, 3.63) is 94.0 Å². The van der Waals surface area contributed by atoms with E-state index in [9.17, 15) is 14.7 Å². The number of aromatic nitrogens is 2. The van der Waals surface area contributed by atoms with Gasteiger partial charge in [-0.25, -0.2) is 0 Å². The third kappa shape index (κ3) is 6.70. The Balaban J connectivity index is 1.18. The van der Waals surface area contributed by atoms with E-state index in [1.807, 2.05) is 35.2 Å². The second-order valence-corrected chi connectivity index (χ2v) is 10.8. The van der Waals surface area contributed by atoms with Gasteiger partial charge in [-0.2, -0.15) is 0 Å². The second kappa shape index (κ2) is 12.6. The first kappa shape index (κ1) is 27.8. The standard InChI is InChI=1S/C32H38N4O4/c1-40-32(39)14-12-23-4-2-6-28-27(23)18-29(35-28)25-5-3-15-36(20-25)31(38)17-26(33)16-21-7-9-22(10-8-21)24-11-13-30(37)34-19-24/h2,4,6-11,13,18-19,25-26,32,35,39H,3,5,12,14-17,20,33H2,1H3,(H,34,37)/t25?,26-,32?/m1/s1. The smallest absolute Gasteiger partial charge is 0.247 e. The lowest BCUT2D eigenvalue weighted by molar-refractivity contribution is -0.132. The molecule has 2 unspecified atom stereocenters. The fraction of sp³-hybridized carbons (Fsp3) is 0.375. The number of carbonyl (C=O) groups excluding carboxylic acids is 1. The summed E-state index contributed by atoms with van der Waals surface area (Å²) in [5.41, 5.74) is 12.8. The third-order valence-electron chi connectivity index (χ3n) is 7.93. The van der Waals surface area contributed by atoms with Gasteiger partial charge in [-0.15, -0.1) is 0 Å². The SMILES string of the molecule is COC(O)CCc1cccc2[nH]c(C3CCCN(C(=O)C[C@H](N)Cc4ccc(-c5ccc(=O)[nH]c5)cc4)C3)cc12. The molecule has 210 valence electrons. The van der Waals surface area contributed by atoms with Crippen molar-refractivity contribution in [1.29, 1.82) is 0 Å². The van der Waals surface area contributed by atoms with E-state index in [1.54, 1.807) is 12.3 Å². The molecule has 0 radical (unpaired) electrons. The highest BCUT2D eigenvalue weighted by molar-refractivity contribution is 5.84. The fourth-order valence-electron chi connectivity index (χ4n) is 5.68. The van der Waals surface area contributed by atoms with Crippen molar-refractivity contribution in [2.45, 2.75) is 56.8 Å². The molecule has 1 aliphatic rings. The number of benzene rings is 2. The van der Waals surface area contributed by atoms with Gasteiger partial charge in [-0.05, 0) is 66.1 Å². The van der Waals surface area contributed by atoms with Crippen LogP contribution in [0.1, 0.15) is 48.4 Å². The second-order valence-electron chi connectivity index (χ2n) is 10.8. The molecule has 0 spiro atoms. The molecule has 5 rings (SSSR count). The highest BCUT2D eigenvalue weighted by Crippen LogP contribution is 2.31. The Bertz CT molecular complexity index is 1470. The summed E-state index contributed by atoms with van der Waals surface area (Å²) in [5.74, 6) is 0.353. The summed E-state index contributed by atoms with van der Waals surface area (Å²) in [6.45, 7) is 1.44. The first-order chi connectivity index (χ1) is 19.4. The van der Waals surface area contributed by atoms with E-state index in [1.165, 1.54) is 18.7 Å². The maximum Gasteiger partial charge on any atom is 0.247 e. The fourth-order valence-corrected chi connectivity index (χ4v) is 5.68. The molecule has 1 fully saturated rings. The Kier molecular flexibility index (Phi) is 8.79. The number of ether oxygens (including phenoxy) is 1. The normalized spacial score (nSPS) is 17.2. The van der Waals surface area contributed by atoms with Crippen LogP contribution in [0.2, 0.25) is 0 Å². The quantitative estimate of drug-likeness (QED) is 0.225. The predicted molar refractivity (Wildman–Crippen MR) is 157 cm³/mol. The molecule has 1 saturated heterocycles. The molecule has 0 saturated carbocycles. The van der Waals surface area contributed by atoms with Crippen LogP contribution in [0, 0.1) is 0 Å². The number of fused-ring (bicyclic) bond motifs is 1. The van der Waals surface area contributed by atoms with Crippen LogP contribution >= 0.6 is 0 Å². The number of likely N-dealkylation sites (tertiary alicyclic amines) is 1. The van der Waals surface area contributed by atoms with Crippen LogP contribution in [0.4, 0.5) is 0 Å². The Morgan fingerprint density at radius 1 is 1.15 bits per heavy atom. The lowest BCUT2D eigenvalue weighted by Crippen LogP contribution is -2.42. The molecule has 3 heterocycles. The van der Waals surface area contributed by atoms with Crippen molar-refractivity contribution in [2.24, 2.45) is 5.73 Å². The number of hydrogen-bond donors (Lipinski definition) is 4. The number of nitrogens with two attached hydrogens (primary N) is 1. The van der Waals surface area contributed by atoms with Gasteiger partial charge in [0.1, 0.15) is 0 Å². The van der Waals surface area contributed by atoms with E-state index in [0.717, 1.165) is 59.1 Å². The van der Waals surface area contributed by atoms with Gasteiger partial charge in [0, 0.05) is 73.9 Å². The number of aliphatic hydroxyl groups is 1. The van der Waals surface area contributed by atoms with E-state index in [2.05, 4.69) is 28.2 Å². The number of aryl methyl sites for hydroxylation is 1. The maximum absolute atomic E-state index is 13.2. The molecule has 0 bridgehead atoms. The van der Waals surface area contributed by atoms with Crippen molar-refractivity contribution in [3.63, 3.8) is 0 Å². The number of nitrogens with one attached hydrogen (secondary N) is 2. The number of aliphatic hydroxyl groups excluding tert-OH is 1. The summed E-state index contributed by atoms with van der Waals surface area (Å²) in [7, 11) is 1.51. The van der Waals surface area contributed by atoms with Crippen LogP contribution in [-0.2, 0) is 22.4 Å². The van der Waals surface area contributed by atoms with Crippen molar-refractivity contribution < 1.29 is 14.6 Å². The molecule has 5 N–H and O–H groups in total. The highest BCUT2D eigenvalue weighted by Gasteiger charge is 2.27. The number of aromatic amines is 2. The minimum Gasteiger partial charge on any atom is -0.368 e. The van der Waals surface area contributed by atoms with Crippen molar-refractivity contribution in [1.82, 2.24) is 14.9 Å². The summed E-state index contributed by atoms with van der Waals surface area (Å²) in [5, 5.41) is 11.0. The zero-order chi connectivity index (χ0) is 28.1. The van der Waals surface area contributed by atoms with Gasteiger partial charge < -0.3 is 30.4 Å². The van der Waals surface area contributed by atoms with E-state index < -0.39 is 6.29 Å². The van der Waals surface area contributed by atoms with Crippen molar-refractivity contribution in [2.75, 3.05) is 20.2 Å². The average Bonchev–Trinajstić information content (AvgIpc) is 3.42. The third-order valence-corrected chi connectivity index (χ3v) is 7.93. The number of piperidine rings is 1. The largest absolute Gasteiger partial charge is 0.368 e. The van der Waals surface area contributed by atoms with E-state index in [4.69, 9.17) is 10.5 Å². The first-order valence-corrected chi connectivity index (χ1v) is 14.0. The molecule has 8 heteroatoms. The zero-order valence-electron chi connectivity index (χ0n) is 22.9. The zero-order valence-corrected chi connectivity index (χ0v) is 22.9. The Morgan fingerprint density at radius 2 is 1.95 bits per heavy atom. The molecule has 4 aromatic rings. The van der Waals surface area contributed by atoms with Gasteiger partial charge in [0.2, 0.25) is 11.5 Å². The molecule has 1 amide bonds. The maximum atomic E-state index is 13.2. The Morgan fingerprint density at radius 3 is 2.70 bits per heavy atom. The summed E-state index contributed by atoms with van der Waals surface area (Å²) in [6.07, 6.45) is 5.14. The van der Waals surface area contributed by atoms with Crippen LogP contribution in [0.5, 0.6) is 0 Å². The van der Waals surface area contributed by atoms with Gasteiger partial charge >= 0.3 is 0 Å². The molecule has 3 atom stereocenters. The number of H-pyrrole nitrogens is 2. The van der Waals surface area contributed by atoms with Crippen LogP contribution in [0.25, 0.3) is 22.0 Å². The van der Waals surface area contributed by atoms with Crippen molar-refractivity contribution in [3.8, 4) is 11.1 Å². The minimum absolute atomic E-state index is 0.104. The van der Waals surface area contributed by atoms with E-state index >= 15 is 0 Å². The lowest BCUT2D eigenvalue weighted by atomic mass is 9.93. The molecular formula is C32H38N4O4. The molecule has 40 heavy (non-hydrogen) atoms. The molecule has 0 aliphatic carbocycles. The molecule has 2 aromatic heterocycles. The van der Waals surface area contributed by atoms with Gasteiger partial charge in [0.15, 0.2) is 6.29 Å². The van der Waals surface area contributed by atoms with Crippen molar-refractivity contribution >= 4 is 16.8 Å². The topological polar surface area (TPSA) is 124 Å². The number of pyridine rings is 1. The van der Waals surface area contributed by atoms with Gasteiger partial charge in [-0.3, -0.25) is 9.59 Å². The molecule has 8 nitrogen and oxygen atoms in total. The number of hydrogen-bond acceptors (Lipinski definition) is 5. The van der Waals surface area contributed by atoms with E-state index in [0.29, 0.717) is 25.8 Å². The van der Waals surface area contributed by atoms with Gasteiger partial charge in [0.05, 0.1) is 0 Å². The van der Waals surface area contributed by atoms with Crippen LogP contribution in [0.3, 0.4) is 0 Å². The van der Waals surface area contributed by atoms with Crippen LogP contribution in [0.15, 0.2) is 71.7 Å². The Labute approximate surface area is 234 Å². The number of amides is 1. The number of nitrogens with zero attached hydrogens (tertiary/aromatic N) is 1. The van der Waals surface area contributed by atoms with Gasteiger partial charge in [0.25, 0.3) is 0 Å². The first-order valence-electron chi connectivity index (χ1n) is 14.0. The highest BCUT2D eigenvalue weighted by atomic mass is 16.6. The Hall–Kier alpha value is -3.72. The summed E-state index contributed by atoms with van der Waals surface area (Å²) in [4.78, 5) is 32.8. The predicted octanol–water partition coefficient (Wildman–Crippen LogP) is 4.09. The van der Waals surface area contributed by atoms with Gasteiger partial charge in [-0.1, -0.05) is 36.4 Å². The number of rotatable bonds is 10. The number of methoxy groups -OCH3 is 1. The molecule has 2 aromatic carbocycles. The number of carbonyl (C=O) groups is 1. The summed E-state index contributed by atoms with van der Waals surface area (Å²) < 4.78 is 5.00.